The molecule has 1 atom stereocenters. The summed E-state index contributed by atoms with van der Waals surface area (Å²) in [5.74, 6) is -0.895. The zero-order chi connectivity index (χ0) is 13.7. The summed E-state index contributed by atoms with van der Waals surface area (Å²) in [4.78, 5) is 13.9. The van der Waals surface area contributed by atoms with Gasteiger partial charge in [-0.2, -0.15) is 11.8 Å². The van der Waals surface area contributed by atoms with Gasteiger partial charge in [0, 0.05) is 18.4 Å². The third kappa shape index (κ3) is 3.78. The molecule has 0 N–H and O–H groups in total. The Morgan fingerprint density at radius 2 is 2.11 bits per heavy atom. The number of carbonyl (C=O) groups is 1. The molecule has 0 saturated heterocycles. The number of carbonyl (C=O) groups excluding carboxylic acids is 1. The number of hydrogen-bond donors (Lipinski definition) is 0. The van der Waals surface area contributed by atoms with Crippen LogP contribution in [-0.2, 0) is 0 Å². The molecular weight excluding hydrogens is 256 g/mol. The minimum atomic E-state index is -0.801. The first-order valence-electron chi connectivity index (χ1n) is 5.65. The lowest BCUT2D eigenvalue weighted by atomic mass is 10.0. The molecule has 5 heteroatoms. The summed E-state index contributed by atoms with van der Waals surface area (Å²) in [5.41, 5.74) is -0.0556. The average molecular weight is 273 g/mol. The molecule has 0 spiro atoms. The lowest BCUT2D eigenvalue weighted by Crippen LogP contribution is -2.37. The van der Waals surface area contributed by atoms with Crippen LogP contribution in [0.25, 0.3) is 0 Å². The van der Waals surface area contributed by atoms with Gasteiger partial charge in [0.2, 0.25) is 0 Å². The number of benzene rings is 1. The molecule has 0 aliphatic heterocycles. The maximum atomic E-state index is 13.5. The van der Waals surface area contributed by atoms with Crippen molar-refractivity contribution >= 4 is 17.5 Å². The number of rotatable bonds is 6. The Labute approximate surface area is 110 Å². The molecule has 0 aromatic heterocycles. The van der Waals surface area contributed by atoms with Crippen LogP contribution in [0.3, 0.4) is 0 Å². The molecule has 18 heavy (non-hydrogen) atoms. The van der Waals surface area contributed by atoms with E-state index in [1.807, 2.05) is 18.2 Å². The van der Waals surface area contributed by atoms with E-state index in [0.29, 0.717) is 0 Å². The highest BCUT2D eigenvalue weighted by Gasteiger charge is 2.22. The largest absolute Gasteiger partial charge is 0.296 e. The van der Waals surface area contributed by atoms with Crippen LogP contribution >= 0.6 is 11.8 Å². The molecule has 100 valence electrons. The fourth-order valence-electron chi connectivity index (χ4n) is 1.54. The Balaban J connectivity index is 2.79. The van der Waals surface area contributed by atoms with E-state index >= 15 is 0 Å². The average Bonchev–Trinajstić information content (AvgIpc) is 2.34. The van der Waals surface area contributed by atoms with Crippen LogP contribution in [0.2, 0.25) is 0 Å². The molecule has 2 nitrogen and oxygen atoms in total. The summed E-state index contributed by atoms with van der Waals surface area (Å²) in [6, 6.07) is 2.62. The van der Waals surface area contributed by atoms with Crippen molar-refractivity contribution in [2.75, 3.05) is 25.6 Å². The monoisotopic (exact) mass is 273 g/mol. The number of Topliss-reactive ketones (excluding diaryl/α,β-unsaturated/α-hetero) is 1. The van der Waals surface area contributed by atoms with Gasteiger partial charge in [-0.15, -0.1) is 0 Å². The van der Waals surface area contributed by atoms with E-state index in [4.69, 9.17) is 0 Å². The summed E-state index contributed by atoms with van der Waals surface area (Å²) in [5, 5.41) is 0. The molecule has 1 rings (SSSR count). The van der Waals surface area contributed by atoms with Crippen molar-refractivity contribution < 1.29 is 13.6 Å². The number of nitrogens with zero attached hydrogens (tertiary/aromatic N) is 1. The first-order chi connectivity index (χ1) is 8.47. The molecule has 0 heterocycles. The van der Waals surface area contributed by atoms with Crippen molar-refractivity contribution in [1.82, 2.24) is 4.90 Å². The molecule has 0 bridgehead atoms. The van der Waals surface area contributed by atoms with Crippen molar-refractivity contribution in [2.24, 2.45) is 0 Å². The summed E-state index contributed by atoms with van der Waals surface area (Å²) < 4.78 is 26.3. The Kier molecular flexibility index (Phi) is 5.75. The number of likely N-dealkylation sites (N-methyl/N-ethyl adjacent to an activating group) is 1. The Morgan fingerprint density at radius 3 is 2.67 bits per heavy atom. The van der Waals surface area contributed by atoms with Gasteiger partial charge in [-0.05, 0) is 32.4 Å². The standard InChI is InChI=1S/C13H17F2NOS/c1-9(16(2)6-7-18-3)13(17)11-5-4-10(14)8-12(11)15/h4-5,8-9H,6-7H2,1-3H3. The van der Waals surface area contributed by atoms with Crippen molar-refractivity contribution in [3.63, 3.8) is 0 Å². The van der Waals surface area contributed by atoms with E-state index in [2.05, 4.69) is 0 Å². The molecule has 0 fully saturated rings. The van der Waals surface area contributed by atoms with Crippen LogP contribution in [-0.4, -0.2) is 42.3 Å². The summed E-state index contributed by atoms with van der Waals surface area (Å²) in [7, 11) is 1.82. The molecule has 1 aromatic rings. The minimum absolute atomic E-state index is 0.0556. The second-order valence-electron chi connectivity index (χ2n) is 4.14. The van der Waals surface area contributed by atoms with Crippen molar-refractivity contribution in [3.8, 4) is 0 Å². The van der Waals surface area contributed by atoms with Gasteiger partial charge >= 0.3 is 0 Å². The topological polar surface area (TPSA) is 20.3 Å². The fraction of sp³-hybridized carbons (Fsp3) is 0.462. The quantitative estimate of drug-likeness (QED) is 0.743. The fourth-order valence-corrected chi connectivity index (χ4v) is 2.01. The normalized spacial score (nSPS) is 12.8. The van der Waals surface area contributed by atoms with Gasteiger partial charge in [0.15, 0.2) is 5.78 Å². The number of halogens is 2. The second kappa shape index (κ2) is 6.85. The van der Waals surface area contributed by atoms with Crippen LogP contribution in [0.5, 0.6) is 0 Å². The predicted molar refractivity (Wildman–Crippen MR) is 71.2 cm³/mol. The molecule has 1 aromatic carbocycles. The number of hydrogen-bond acceptors (Lipinski definition) is 3. The maximum absolute atomic E-state index is 13.5. The Bertz CT molecular complexity index is 425. The van der Waals surface area contributed by atoms with Gasteiger partial charge < -0.3 is 0 Å². The molecule has 0 aliphatic carbocycles. The van der Waals surface area contributed by atoms with E-state index in [1.165, 1.54) is 6.07 Å². The van der Waals surface area contributed by atoms with E-state index < -0.39 is 17.7 Å². The molecule has 0 amide bonds. The highest BCUT2D eigenvalue weighted by Crippen LogP contribution is 2.14. The maximum Gasteiger partial charge on any atom is 0.182 e. The zero-order valence-corrected chi connectivity index (χ0v) is 11.6. The Morgan fingerprint density at radius 1 is 1.44 bits per heavy atom. The summed E-state index contributed by atoms with van der Waals surface area (Å²) >= 11 is 1.68. The number of thioether (sulfide) groups is 1. The molecule has 0 radical (unpaired) electrons. The third-order valence-corrected chi connectivity index (χ3v) is 3.48. The van der Waals surface area contributed by atoms with Crippen LogP contribution < -0.4 is 0 Å². The zero-order valence-electron chi connectivity index (χ0n) is 10.7. The van der Waals surface area contributed by atoms with Crippen molar-refractivity contribution in [3.05, 3.63) is 35.4 Å². The molecule has 0 aliphatic rings. The lowest BCUT2D eigenvalue weighted by molar-refractivity contribution is 0.0870. The molecular formula is C13H17F2NOS. The highest BCUT2D eigenvalue weighted by molar-refractivity contribution is 7.98. The van der Waals surface area contributed by atoms with E-state index in [-0.39, 0.29) is 11.3 Å². The van der Waals surface area contributed by atoms with Gasteiger partial charge in [-0.25, -0.2) is 8.78 Å². The number of ketones is 1. The molecule has 0 saturated carbocycles. The lowest BCUT2D eigenvalue weighted by Gasteiger charge is -2.23. The Hall–Kier alpha value is -0.940. The summed E-state index contributed by atoms with van der Waals surface area (Å²) in [6.07, 6.45) is 1.99. The van der Waals surface area contributed by atoms with Gasteiger partial charge in [0.25, 0.3) is 0 Å². The second-order valence-corrected chi connectivity index (χ2v) is 5.12. The van der Waals surface area contributed by atoms with Crippen molar-refractivity contribution in [1.29, 1.82) is 0 Å². The SMILES string of the molecule is CSCCN(C)C(C)C(=O)c1ccc(F)cc1F. The highest BCUT2D eigenvalue weighted by atomic mass is 32.2. The van der Waals surface area contributed by atoms with Crippen LogP contribution in [0.4, 0.5) is 8.78 Å². The van der Waals surface area contributed by atoms with E-state index in [9.17, 15) is 13.6 Å². The van der Waals surface area contributed by atoms with E-state index in [1.54, 1.807) is 18.7 Å². The van der Waals surface area contributed by atoms with Crippen LogP contribution in [0, 0.1) is 11.6 Å². The third-order valence-electron chi connectivity index (χ3n) is 2.89. The molecule has 1 unspecified atom stereocenters. The first kappa shape index (κ1) is 15.1. The van der Waals surface area contributed by atoms with Crippen LogP contribution in [0.15, 0.2) is 18.2 Å². The minimum Gasteiger partial charge on any atom is -0.296 e. The van der Waals surface area contributed by atoms with Crippen molar-refractivity contribution in [2.45, 2.75) is 13.0 Å². The predicted octanol–water partition coefficient (Wildman–Crippen LogP) is 2.83. The first-order valence-corrected chi connectivity index (χ1v) is 7.05. The van der Waals surface area contributed by atoms with Gasteiger partial charge in [0.1, 0.15) is 11.6 Å². The smallest absolute Gasteiger partial charge is 0.182 e. The van der Waals surface area contributed by atoms with Gasteiger partial charge in [0.05, 0.1) is 11.6 Å². The van der Waals surface area contributed by atoms with Crippen LogP contribution in [0.1, 0.15) is 17.3 Å². The van der Waals surface area contributed by atoms with Gasteiger partial charge in [-0.1, -0.05) is 0 Å². The summed E-state index contributed by atoms with van der Waals surface area (Å²) in [6.45, 7) is 2.47. The van der Waals surface area contributed by atoms with Gasteiger partial charge in [-0.3, -0.25) is 9.69 Å². The van der Waals surface area contributed by atoms with E-state index in [0.717, 1.165) is 24.4 Å².